The highest BCUT2D eigenvalue weighted by molar-refractivity contribution is 5.82. The first-order valence-corrected chi connectivity index (χ1v) is 5.10. The van der Waals surface area contributed by atoms with Crippen molar-refractivity contribution in [3.63, 3.8) is 0 Å². The van der Waals surface area contributed by atoms with Crippen LogP contribution in [-0.2, 0) is 4.79 Å². The molecule has 1 saturated heterocycles. The minimum Gasteiger partial charge on any atom is -0.339 e. The van der Waals surface area contributed by atoms with E-state index in [1.807, 2.05) is 18.7 Å². The average Bonchev–Trinajstić information content (AvgIpc) is 2.48. The van der Waals surface area contributed by atoms with Crippen LogP contribution in [0.5, 0.6) is 0 Å². The van der Waals surface area contributed by atoms with Crippen LogP contribution in [0.4, 0.5) is 0 Å². The van der Waals surface area contributed by atoms with Crippen molar-refractivity contribution in [3.05, 3.63) is 0 Å². The van der Waals surface area contributed by atoms with Gasteiger partial charge in [0.2, 0.25) is 5.91 Å². The largest absolute Gasteiger partial charge is 0.339 e. The van der Waals surface area contributed by atoms with Gasteiger partial charge in [-0.25, -0.2) is 0 Å². The molecule has 0 unspecified atom stereocenters. The molecule has 0 aromatic rings. The lowest BCUT2D eigenvalue weighted by Crippen LogP contribution is -2.47. The zero-order valence-corrected chi connectivity index (χ0v) is 8.79. The van der Waals surface area contributed by atoms with Crippen LogP contribution in [0.2, 0.25) is 0 Å². The van der Waals surface area contributed by atoms with E-state index in [4.69, 9.17) is 5.73 Å². The van der Waals surface area contributed by atoms with Gasteiger partial charge in [-0.3, -0.25) is 4.79 Å². The van der Waals surface area contributed by atoms with Gasteiger partial charge in [-0.2, -0.15) is 0 Å². The molecule has 3 nitrogen and oxygen atoms in total. The lowest BCUT2D eigenvalue weighted by Gasteiger charge is -2.26. The summed E-state index contributed by atoms with van der Waals surface area (Å²) in [7, 11) is 0. The molecule has 0 saturated carbocycles. The van der Waals surface area contributed by atoms with E-state index in [-0.39, 0.29) is 17.9 Å². The van der Waals surface area contributed by atoms with Gasteiger partial charge in [0.05, 0.1) is 6.04 Å². The van der Waals surface area contributed by atoms with E-state index in [9.17, 15) is 4.79 Å². The van der Waals surface area contributed by atoms with Crippen molar-refractivity contribution >= 4 is 5.91 Å². The minimum atomic E-state index is -0.319. The maximum Gasteiger partial charge on any atom is 0.239 e. The van der Waals surface area contributed by atoms with Crippen molar-refractivity contribution in [2.45, 2.75) is 45.7 Å². The maximum absolute atomic E-state index is 11.8. The molecular weight excluding hydrogens is 164 g/mol. The van der Waals surface area contributed by atoms with Gasteiger partial charge in [-0.1, -0.05) is 13.8 Å². The van der Waals surface area contributed by atoms with E-state index in [0.29, 0.717) is 6.04 Å². The van der Waals surface area contributed by atoms with Gasteiger partial charge in [0.1, 0.15) is 0 Å². The Labute approximate surface area is 80.3 Å². The maximum atomic E-state index is 11.8. The molecule has 1 rings (SSSR count). The van der Waals surface area contributed by atoms with E-state index in [1.54, 1.807) is 0 Å². The zero-order chi connectivity index (χ0) is 10.0. The van der Waals surface area contributed by atoms with E-state index in [1.165, 1.54) is 0 Å². The summed E-state index contributed by atoms with van der Waals surface area (Å²) in [6, 6.07) is 0.0675. The Morgan fingerprint density at radius 3 is 2.54 bits per heavy atom. The summed E-state index contributed by atoms with van der Waals surface area (Å²) in [6.45, 7) is 6.96. The van der Waals surface area contributed by atoms with Crippen LogP contribution in [0.25, 0.3) is 0 Å². The second-order valence-electron chi connectivity index (χ2n) is 4.29. The molecule has 1 aliphatic heterocycles. The first kappa shape index (κ1) is 10.5. The summed E-state index contributed by atoms with van der Waals surface area (Å²) in [6.07, 6.45) is 2.24. The van der Waals surface area contributed by atoms with Gasteiger partial charge in [0.25, 0.3) is 0 Å². The molecule has 0 aliphatic carbocycles. The zero-order valence-electron chi connectivity index (χ0n) is 8.79. The topological polar surface area (TPSA) is 46.3 Å². The number of carbonyl (C=O) groups excluding carboxylic acids is 1. The Kier molecular flexibility index (Phi) is 3.31. The highest BCUT2D eigenvalue weighted by Crippen LogP contribution is 2.18. The van der Waals surface area contributed by atoms with Crippen molar-refractivity contribution in [2.24, 2.45) is 11.7 Å². The number of nitrogens with two attached hydrogens (primary N) is 1. The number of likely N-dealkylation sites (tertiary alicyclic amines) is 1. The van der Waals surface area contributed by atoms with Crippen molar-refractivity contribution in [3.8, 4) is 0 Å². The molecule has 0 aromatic heterocycles. The standard InChI is InChI=1S/C10H20N2O/c1-7(2)9(11)10(13)12-6-4-5-8(12)3/h7-9H,4-6,11H2,1-3H3/t8-,9+/m1/s1. The third-order valence-electron chi connectivity index (χ3n) is 2.84. The fourth-order valence-corrected chi connectivity index (χ4v) is 1.74. The molecule has 1 amide bonds. The number of carbonyl (C=O) groups is 1. The molecule has 0 spiro atoms. The summed E-state index contributed by atoms with van der Waals surface area (Å²) in [5, 5.41) is 0. The fraction of sp³-hybridized carbons (Fsp3) is 0.900. The third kappa shape index (κ3) is 2.21. The van der Waals surface area contributed by atoms with Crippen LogP contribution in [-0.4, -0.2) is 29.4 Å². The Hall–Kier alpha value is -0.570. The number of nitrogens with zero attached hydrogens (tertiary/aromatic N) is 1. The smallest absolute Gasteiger partial charge is 0.239 e. The second-order valence-corrected chi connectivity index (χ2v) is 4.29. The van der Waals surface area contributed by atoms with Crippen LogP contribution in [0.1, 0.15) is 33.6 Å². The van der Waals surface area contributed by atoms with Crippen LogP contribution < -0.4 is 5.73 Å². The van der Waals surface area contributed by atoms with Crippen molar-refractivity contribution in [1.82, 2.24) is 4.90 Å². The second kappa shape index (κ2) is 4.09. The first-order valence-electron chi connectivity index (χ1n) is 5.10. The predicted octanol–water partition coefficient (Wildman–Crippen LogP) is 0.981. The van der Waals surface area contributed by atoms with E-state index in [2.05, 4.69) is 6.92 Å². The highest BCUT2D eigenvalue weighted by Gasteiger charge is 2.29. The highest BCUT2D eigenvalue weighted by atomic mass is 16.2. The summed E-state index contributed by atoms with van der Waals surface area (Å²) < 4.78 is 0. The molecule has 2 atom stereocenters. The molecule has 1 aliphatic rings. The molecule has 0 bridgehead atoms. The summed E-state index contributed by atoms with van der Waals surface area (Å²) in [5.41, 5.74) is 5.81. The van der Waals surface area contributed by atoms with Crippen molar-refractivity contribution < 1.29 is 4.79 Å². The molecule has 0 aromatic carbocycles. The van der Waals surface area contributed by atoms with Crippen LogP contribution >= 0.6 is 0 Å². The Morgan fingerprint density at radius 1 is 1.54 bits per heavy atom. The van der Waals surface area contributed by atoms with Crippen molar-refractivity contribution in [2.75, 3.05) is 6.54 Å². The van der Waals surface area contributed by atoms with Crippen LogP contribution in [0.15, 0.2) is 0 Å². The fourth-order valence-electron chi connectivity index (χ4n) is 1.74. The van der Waals surface area contributed by atoms with Gasteiger partial charge < -0.3 is 10.6 Å². The lowest BCUT2D eigenvalue weighted by molar-refractivity contribution is -0.134. The van der Waals surface area contributed by atoms with Gasteiger partial charge >= 0.3 is 0 Å². The molecule has 13 heavy (non-hydrogen) atoms. The molecule has 76 valence electrons. The van der Waals surface area contributed by atoms with E-state index in [0.717, 1.165) is 19.4 Å². The number of hydrogen-bond donors (Lipinski definition) is 1. The van der Waals surface area contributed by atoms with Gasteiger partial charge in [-0.05, 0) is 25.7 Å². The Morgan fingerprint density at radius 2 is 2.15 bits per heavy atom. The number of rotatable bonds is 2. The summed E-state index contributed by atoms with van der Waals surface area (Å²) in [5.74, 6) is 0.361. The normalized spacial score (nSPS) is 25.3. The van der Waals surface area contributed by atoms with Gasteiger partial charge in [-0.15, -0.1) is 0 Å². The van der Waals surface area contributed by atoms with Crippen LogP contribution in [0, 0.1) is 5.92 Å². The predicted molar refractivity (Wildman–Crippen MR) is 53.2 cm³/mol. The average molecular weight is 184 g/mol. The lowest BCUT2D eigenvalue weighted by atomic mass is 10.0. The minimum absolute atomic E-state index is 0.125. The third-order valence-corrected chi connectivity index (χ3v) is 2.84. The van der Waals surface area contributed by atoms with Crippen molar-refractivity contribution in [1.29, 1.82) is 0 Å². The molecular formula is C10H20N2O. The molecule has 1 heterocycles. The number of hydrogen-bond acceptors (Lipinski definition) is 2. The van der Waals surface area contributed by atoms with Gasteiger partial charge in [0, 0.05) is 12.6 Å². The van der Waals surface area contributed by atoms with E-state index < -0.39 is 0 Å². The first-order chi connectivity index (χ1) is 6.04. The molecule has 0 radical (unpaired) electrons. The quantitative estimate of drug-likeness (QED) is 0.695. The van der Waals surface area contributed by atoms with Crippen LogP contribution in [0.3, 0.4) is 0 Å². The summed E-state index contributed by atoms with van der Waals surface area (Å²) in [4.78, 5) is 13.7. The molecule has 2 N–H and O–H groups in total. The monoisotopic (exact) mass is 184 g/mol. The number of amides is 1. The molecule has 1 fully saturated rings. The molecule has 3 heteroatoms. The summed E-state index contributed by atoms with van der Waals surface area (Å²) >= 11 is 0. The van der Waals surface area contributed by atoms with Gasteiger partial charge in [0.15, 0.2) is 0 Å². The Balaban J connectivity index is 2.56. The SMILES string of the molecule is CC(C)[C@H](N)C(=O)N1CCC[C@H]1C. The van der Waals surface area contributed by atoms with E-state index >= 15 is 0 Å². The Bertz CT molecular complexity index is 191.